The predicted molar refractivity (Wildman–Crippen MR) is 129 cm³/mol. The van der Waals surface area contributed by atoms with Crippen LogP contribution in [0.3, 0.4) is 0 Å². The first-order valence-electron chi connectivity index (χ1n) is 10.8. The molecule has 0 spiro atoms. The summed E-state index contributed by atoms with van der Waals surface area (Å²) in [6.07, 6.45) is 0.752. The molecule has 0 radical (unpaired) electrons. The number of ether oxygens (including phenoxy) is 1. The fraction of sp³-hybridized carbons (Fsp3) is 0.231. The zero-order valence-electron chi connectivity index (χ0n) is 18.5. The molecule has 3 rings (SSSR count). The molecule has 2 N–H and O–H groups in total. The van der Waals surface area contributed by atoms with E-state index in [1.165, 1.54) is 0 Å². The van der Waals surface area contributed by atoms with Gasteiger partial charge in [-0.2, -0.15) is 0 Å². The van der Waals surface area contributed by atoms with Crippen LogP contribution in [-0.2, 0) is 4.74 Å². The summed E-state index contributed by atoms with van der Waals surface area (Å²) in [5, 5.41) is 5.79. The second kappa shape index (κ2) is 11.7. The summed E-state index contributed by atoms with van der Waals surface area (Å²) in [7, 11) is 1.93. The van der Waals surface area contributed by atoms with Crippen LogP contribution in [0.5, 0.6) is 0 Å². The molecule has 166 valence electrons. The van der Waals surface area contributed by atoms with Gasteiger partial charge in [-0.3, -0.25) is 9.59 Å². The van der Waals surface area contributed by atoms with Gasteiger partial charge < -0.3 is 20.3 Å². The molecule has 6 nitrogen and oxygen atoms in total. The van der Waals surface area contributed by atoms with Crippen LogP contribution >= 0.6 is 0 Å². The number of benzene rings is 3. The van der Waals surface area contributed by atoms with Gasteiger partial charge in [0, 0.05) is 43.7 Å². The first-order valence-corrected chi connectivity index (χ1v) is 10.8. The van der Waals surface area contributed by atoms with E-state index in [9.17, 15) is 9.59 Å². The Morgan fingerprint density at radius 2 is 1.66 bits per heavy atom. The molecule has 3 aromatic rings. The van der Waals surface area contributed by atoms with Crippen molar-refractivity contribution in [3.63, 3.8) is 0 Å². The van der Waals surface area contributed by atoms with Gasteiger partial charge in [-0.15, -0.1) is 0 Å². The molecule has 0 aromatic heterocycles. The number of nitrogens with one attached hydrogen (secondary N) is 2. The van der Waals surface area contributed by atoms with Gasteiger partial charge in [-0.1, -0.05) is 36.4 Å². The Bertz CT molecular complexity index is 1040. The molecular formula is C26H29N3O3. The van der Waals surface area contributed by atoms with Gasteiger partial charge in [0.2, 0.25) is 0 Å². The third-order valence-electron chi connectivity index (χ3n) is 4.99. The van der Waals surface area contributed by atoms with Gasteiger partial charge in [0.05, 0.1) is 11.3 Å². The van der Waals surface area contributed by atoms with E-state index in [1.54, 1.807) is 30.3 Å². The second-order valence-corrected chi connectivity index (χ2v) is 7.25. The van der Waals surface area contributed by atoms with Crippen molar-refractivity contribution in [1.29, 1.82) is 0 Å². The average Bonchev–Trinajstić information content (AvgIpc) is 2.84. The summed E-state index contributed by atoms with van der Waals surface area (Å²) in [5.41, 5.74) is 3.38. The lowest BCUT2D eigenvalue weighted by atomic mass is 10.1. The van der Waals surface area contributed by atoms with E-state index in [1.807, 2.05) is 67.4 Å². The smallest absolute Gasteiger partial charge is 0.257 e. The fourth-order valence-corrected chi connectivity index (χ4v) is 3.31. The van der Waals surface area contributed by atoms with E-state index in [0.29, 0.717) is 36.6 Å². The maximum atomic E-state index is 13.1. The van der Waals surface area contributed by atoms with Gasteiger partial charge in [-0.05, 0) is 55.8 Å². The lowest BCUT2D eigenvalue weighted by Gasteiger charge is -2.22. The summed E-state index contributed by atoms with van der Waals surface area (Å²) in [5.74, 6) is -0.417. The maximum absolute atomic E-state index is 13.1. The number of amides is 2. The highest BCUT2D eigenvalue weighted by atomic mass is 16.5. The van der Waals surface area contributed by atoms with E-state index in [0.717, 1.165) is 17.8 Å². The first kappa shape index (κ1) is 23.0. The average molecular weight is 432 g/mol. The van der Waals surface area contributed by atoms with Crippen LogP contribution in [0.15, 0.2) is 78.9 Å². The zero-order chi connectivity index (χ0) is 22.8. The molecule has 2 amide bonds. The highest BCUT2D eigenvalue weighted by Crippen LogP contribution is 2.27. The fourth-order valence-electron chi connectivity index (χ4n) is 3.31. The number of rotatable bonds is 10. The molecule has 0 fully saturated rings. The van der Waals surface area contributed by atoms with Crippen molar-refractivity contribution in [2.75, 3.05) is 37.0 Å². The summed E-state index contributed by atoms with van der Waals surface area (Å²) in [6, 6.07) is 24.2. The van der Waals surface area contributed by atoms with E-state index < -0.39 is 0 Å². The molecule has 0 aliphatic rings. The molecule has 0 aliphatic carbocycles. The third-order valence-corrected chi connectivity index (χ3v) is 4.99. The van der Waals surface area contributed by atoms with Crippen molar-refractivity contribution in [2.45, 2.75) is 13.3 Å². The normalized spacial score (nSPS) is 10.4. The molecule has 0 saturated carbocycles. The second-order valence-electron chi connectivity index (χ2n) is 7.25. The van der Waals surface area contributed by atoms with E-state index in [-0.39, 0.29) is 11.8 Å². The molecule has 0 unspecified atom stereocenters. The number of carbonyl (C=O) groups excluding carboxylic acids is 2. The van der Waals surface area contributed by atoms with Crippen LogP contribution < -0.4 is 15.5 Å². The number of hydrogen-bond acceptors (Lipinski definition) is 4. The van der Waals surface area contributed by atoms with Crippen molar-refractivity contribution in [2.24, 2.45) is 0 Å². The van der Waals surface area contributed by atoms with Crippen LogP contribution in [0.2, 0.25) is 0 Å². The van der Waals surface area contributed by atoms with Gasteiger partial charge in [0.15, 0.2) is 0 Å². The monoisotopic (exact) mass is 431 g/mol. The molecule has 0 atom stereocenters. The van der Waals surface area contributed by atoms with Crippen molar-refractivity contribution in [3.8, 4) is 0 Å². The number of para-hydroxylation sites is 2. The Hall–Kier alpha value is -3.64. The van der Waals surface area contributed by atoms with Crippen molar-refractivity contribution >= 4 is 28.9 Å². The number of anilines is 3. The molecule has 0 saturated heterocycles. The summed E-state index contributed by atoms with van der Waals surface area (Å²) < 4.78 is 5.28. The Morgan fingerprint density at radius 1 is 0.906 bits per heavy atom. The zero-order valence-corrected chi connectivity index (χ0v) is 18.5. The minimum Gasteiger partial charge on any atom is -0.382 e. The van der Waals surface area contributed by atoms with Crippen LogP contribution in [0.4, 0.5) is 17.1 Å². The molecule has 32 heavy (non-hydrogen) atoms. The van der Waals surface area contributed by atoms with Gasteiger partial charge in [-0.25, -0.2) is 0 Å². The summed E-state index contributed by atoms with van der Waals surface area (Å²) in [6.45, 7) is 3.76. The highest BCUT2D eigenvalue weighted by molar-refractivity contribution is 6.09. The summed E-state index contributed by atoms with van der Waals surface area (Å²) >= 11 is 0. The summed E-state index contributed by atoms with van der Waals surface area (Å²) in [4.78, 5) is 27.5. The van der Waals surface area contributed by atoms with Crippen molar-refractivity contribution in [3.05, 3.63) is 90.0 Å². The topological polar surface area (TPSA) is 70.7 Å². The minimum atomic E-state index is -0.238. The molecule has 0 bridgehead atoms. The van der Waals surface area contributed by atoms with Gasteiger partial charge >= 0.3 is 0 Å². The SMILES string of the molecule is CCOCCCNC(=O)c1cccc(NC(=O)c2ccccc2N(C)c2ccccc2)c1. The van der Waals surface area contributed by atoms with E-state index in [4.69, 9.17) is 4.74 Å². The number of nitrogens with zero attached hydrogens (tertiary/aromatic N) is 1. The molecule has 6 heteroatoms. The maximum Gasteiger partial charge on any atom is 0.257 e. The third kappa shape index (κ3) is 6.18. The molecule has 0 heterocycles. The number of hydrogen-bond donors (Lipinski definition) is 2. The van der Waals surface area contributed by atoms with Gasteiger partial charge in [0.1, 0.15) is 0 Å². The Labute approximate surface area is 189 Å². The van der Waals surface area contributed by atoms with Crippen LogP contribution in [-0.4, -0.2) is 38.6 Å². The van der Waals surface area contributed by atoms with Crippen molar-refractivity contribution in [1.82, 2.24) is 5.32 Å². The quantitative estimate of drug-likeness (QED) is 0.450. The van der Waals surface area contributed by atoms with Crippen LogP contribution in [0, 0.1) is 0 Å². The number of carbonyl (C=O) groups is 2. The predicted octanol–water partition coefficient (Wildman–Crippen LogP) is 4.86. The molecule has 3 aromatic carbocycles. The minimum absolute atomic E-state index is 0.179. The van der Waals surface area contributed by atoms with E-state index >= 15 is 0 Å². The Kier molecular flexibility index (Phi) is 8.40. The lowest BCUT2D eigenvalue weighted by molar-refractivity contribution is 0.0943. The standard InChI is InChI=1S/C26H29N3O3/c1-3-32-18-10-17-27-25(30)20-11-9-12-21(19-20)28-26(31)23-15-7-8-16-24(23)29(2)22-13-5-4-6-14-22/h4-9,11-16,19H,3,10,17-18H2,1-2H3,(H,27,30)(H,28,31). The van der Waals surface area contributed by atoms with E-state index in [2.05, 4.69) is 10.6 Å². The molecular weight excluding hydrogens is 402 g/mol. The molecule has 0 aliphatic heterocycles. The van der Waals surface area contributed by atoms with Crippen molar-refractivity contribution < 1.29 is 14.3 Å². The lowest BCUT2D eigenvalue weighted by Crippen LogP contribution is -2.25. The van der Waals surface area contributed by atoms with Crippen LogP contribution in [0.1, 0.15) is 34.1 Å². The Balaban J connectivity index is 1.69. The Morgan fingerprint density at radius 3 is 2.44 bits per heavy atom. The largest absolute Gasteiger partial charge is 0.382 e. The van der Waals surface area contributed by atoms with Crippen LogP contribution in [0.25, 0.3) is 0 Å². The first-order chi connectivity index (χ1) is 15.6. The highest BCUT2D eigenvalue weighted by Gasteiger charge is 2.16. The van der Waals surface area contributed by atoms with Gasteiger partial charge in [0.25, 0.3) is 11.8 Å².